The Bertz CT molecular complexity index is 342. The van der Waals surface area contributed by atoms with Gasteiger partial charge < -0.3 is 15.2 Å². The first-order valence-electron chi connectivity index (χ1n) is 4.81. The SMILES string of the molecule is CCC(N)c1cc(OC)c(OC)cc1F. The number of nitrogens with two attached hydrogens (primary N) is 1. The summed E-state index contributed by atoms with van der Waals surface area (Å²) in [5.41, 5.74) is 6.23. The molecule has 1 atom stereocenters. The largest absolute Gasteiger partial charge is 0.493 e. The summed E-state index contributed by atoms with van der Waals surface area (Å²) in [6, 6.07) is 2.57. The zero-order valence-corrected chi connectivity index (χ0v) is 9.21. The molecule has 0 saturated heterocycles. The number of hydrogen-bond acceptors (Lipinski definition) is 3. The van der Waals surface area contributed by atoms with Crippen molar-refractivity contribution in [2.24, 2.45) is 5.73 Å². The van der Waals surface area contributed by atoms with E-state index in [1.54, 1.807) is 6.07 Å². The maximum Gasteiger partial charge on any atom is 0.163 e. The van der Waals surface area contributed by atoms with Crippen molar-refractivity contribution in [2.45, 2.75) is 19.4 Å². The van der Waals surface area contributed by atoms with Gasteiger partial charge in [-0.15, -0.1) is 0 Å². The van der Waals surface area contributed by atoms with Crippen LogP contribution >= 0.6 is 0 Å². The van der Waals surface area contributed by atoms with Crippen LogP contribution in [0.2, 0.25) is 0 Å². The highest BCUT2D eigenvalue weighted by molar-refractivity contribution is 5.44. The van der Waals surface area contributed by atoms with Gasteiger partial charge in [0.1, 0.15) is 5.82 Å². The molecule has 1 unspecified atom stereocenters. The molecule has 4 heteroatoms. The van der Waals surface area contributed by atoms with Crippen molar-refractivity contribution in [3.05, 3.63) is 23.5 Å². The van der Waals surface area contributed by atoms with E-state index in [1.807, 2.05) is 6.92 Å². The molecule has 0 fully saturated rings. The first-order chi connectivity index (χ1) is 7.13. The number of methoxy groups -OCH3 is 2. The van der Waals surface area contributed by atoms with E-state index in [0.29, 0.717) is 23.5 Å². The highest BCUT2D eigenvalue weighted by Gasteiger charge is 2.14. The van der Waals surface area contributed by atoms with E-state index in [-0.39, 0.29) is 11.9 Å². The quantitative estimate of drug-likeness (QED) is 0.834. The van der Waals surface area contributed by atoms with E-state index in [1.165, 1.54) is 20.3 Å². The Kier molecular flexibility index (Phi) is 3.91. The number of benzene rings is 1. The van der Waals surface area contributed by atoms with Gasteiger partial charge in [0.25, 0.3) is 0 Å². The standard InChI is InChI=1S/C11H16FNO2/c1-4-9(13)7-5-10(14-2)11(15-3)6-8(7)12/h5-6,9H,4,13H2,1-3H3. The zero-order valence-electron chi connectivity index (χ0n) is 9.21. The molecular weight excluding hydrogens is 197 g/mol. The van der Waals surface area contributed by atoms with Gasteiger partial charge in [-0.3, -0.25) is 0 Å². The second-order valence-corrected chi connectivity index (χ2v) is 3.24. The zero-order chi connectivity index (χ0) is 11.4. The Labute approximate surface area is 89.0 Å². The molecule has 15 heavy (non-hydrogen) atoms. The van der Waals surface area contributed by atoms with Gasteiger partial charge in [-0.1, -0.05) is 6.92 Å². The van der Waals surface area contributed by atoms with Crippen molar-refractivity contribution in [3.8, 4) is 11.5 Å². The fraction of sp³-hybridized carbons (Fsp3) is 0.455. The van der Waals surface area contributed by atoms with Gasteiger partial charge in [0.2, 0.25) is 0 Å². The van der Waals surface area contributed by atoms with Crippen molar-refractivity contribution in [1.29, 1.82) is 0 Å². The van der Waals surface area contributed by atoms with Gasteiger partial charge in [-0.2, -0.15) is 0 Å². The van der Waals surface area contributed by atoms with Crippen LogP contribution in [0.25, 0.3) is 0 Å². The van der Waals surface area contributed by atoms with E-state index in [9.17, 15) is 4.39 Å². The molecule has 0 saturated carbocycles. The molecular formula is C11H16FNO2. The van der Waals surface area contributed by atoms with E-state index in [0.717, 1.165) is 0 Å². The predicted molar refractivity (Wildman–Crippen MR) is 56.7 cm³/mol. The molecule has 3 nitrogen and oxygen atoms in total. The average molecular weight is 213 g/mol. The van der Waals surface area contributed by atoms with Crippen molar-refractivity contribution < 1.29 is 13.9 Å². The molecule has 2 N–H and O–H groups in total. The maximum atomic E-state index is 13.6. The Morgan fingerprint density at radius 1 is 1.27 bits per heavy atom. The van der Waals surface area contributed by atoms with Crippen molar-refractivity contribution in [3.63, 3.8) is 0 Å². The van der Waals surface area contributed by atoms with Gasteiger partial charge >= 0.3 is 0 Å². The fourth-order valence-corrected chi connectivity index (χ4v) is 1.37. The number of hydrogen-bond donors (Lipinski definition) is 1. The molecule has 0 bridgehead atoms. The summed E-state index contributed by atoms with van der Waals surface area (Å²) >= 11 is 0. The first kappa shape index (κ1) is 11.8. The Balaban J connectivity index is 3.19. The molecule has 0 heterocycles. The number of rotatable bonds is 4. The van der Waals surface area contributed by atoms with Crippen molar-refractivity contribution >= 4 is 0 Å². The van der Waals surface area contributed by atoms with Crippen molar-refractivity contribution in [2.75, 3.05) is 14.2 Å². The molecule has 0 aromatic heterocycles. The molecule has 84 valence electrons. The minimum Gasteiger partial charge on any atom is -0.493 e. The lowest BCUT2D eigenvalue weighted by molar-refractivity contribution is 0.351. The molecule has 0 aliphatic carbocycles. The number of ether oxygens (including phenoxy) is 2. The Morgan fingerprint density at radius 3 is 2.27 bits per heavy atom. The normalized spacial score (nSPS) is 12.3. The summed E-state index contributed by atoms with van der Waals surface area (Å²) in [4.78, 5) is 0. The smallest absolute Gasteiger partial charge is 0.163 e. The molecule has 0 amide bonds. The van der Waals surface area contributed by atoms with Crippen LogP contribution in [0, 0.1) is 5.82 Å². The van der Waals surface area contributed by atoms with Crippen LogP contribution in [0.5, 0.6) is 11.5 Å². The maximum absolute atomic E-state index is 13.6. The summed E-state index contributed by atoms with van der Waals surface area (Å²) < 4.78 is 23.6. The highest BCUT2D eigenvalue weighted by Crippen LogP contribution is 2.32. The highest BCUT2D eigenvalue weighted by atomic mass is 19.1. The Morgan fingerprint density at radius 2 is 1.80 bits per heavy atom. The minimum atomic E-state index is -0.359. The van der Waals surface area contributed by atoms with Gasteiger partial charge in [-0.25, -0.2) is 4.39 Å². The second-order valence-electron chi connectivity index (χ2n) is 3.24. The molecule has 0 aliphatic heterocycles. The van der Waals surface area contributed by atoms with E-state index in [4.69, 9.17) is 15.2 Å². The molecule has 0 radical (unpaired) electrons. The summed E-state index contributed by atoms with van der Waals surface area (Å²) in [5, 5.41) is 0. The van der Waals surface area contributed by atoms with Gasteiger partial charge in [0.05, 0.1) is 14.2 Å². The summed E-state index contributed by atoms with van der Waals surface area (Å²) in [7, 11) is 2.98. The lowest BCUT2D eigenvalue weighted by Gasteiger charge is -2.14. The molecule has 1 aromatic rings. The summed E-state index contributed by atoms with van der Waals surface area (Å²) in [6.07, 6.45) is 0.673. The third-order valence-corrected chi connectivity index (χ3v) is 2.34. The van der Waals surface area contributed by atoms with Crippen LogP contribution < -0.4 is 15.2 Å². The molecule has 1 aromatic carbocycles. The van der Waals surface area contributed by atoms with E-state index < -0.39 is 0 Å². The number of halogens is 1. The Hall–Kier alpha value is -1.29. The molecule has 0 aliphatic rings. The van der Waals surface area contributed by atoms with Gasteiger partial charge in [0, 0.05) is 17.7 Å². The molecule has 0 spiro atoms. The van der Waals surface area contributed by atoms with Gasteiger partial charge in [0.15, 0.2) is 11.5 Å². The predicted octanol–water partition coefficient (Wildman–Crippen LogP) is 2.25. The lowest BCUT2D eigenvalue weighted by Crippen LogP contribution is -2.11. The van der Waals surface area contributed by atoms with Crippen LogP contribution in [0.1, 0.15) is 24.9 Å². The topological polar surface area (TPSA) is 44.5 Å². The third-order valence-electron chi connectivity index (χ3n) is 2.34. The first-order valence-corrected chi connectivity index (χ1v) is 4.81. The lowest BCUT2D eigenvalue weighted by atomic mass is 10.0. The molecule has 1 rings (SSSR count). The van der Waals surface area contributed by atoms with Crippen LogP contribution in [0.15, 0.2) is 12.1 Å². The van der Waals surface area contributed by atoms with E-state index in [2.05, 4.69) is 0 Å². The average Bonchev–Trinajstić information content (AvgIpc) is 2.27. The summed E-state index contributed by atoms with van der Waals surface area (Å²) in [6.45, 7) is 1.90. The van der Waals surface area contributed by atoms with Crippen LogP contribution in [0.3, 0.4) is 0 Å². The van der Waals surface area contributed by atoms with E-state index >= 15 is 0 Å². The van der Waals surface area contributed by atoms with Gasteiger partial charge in [-0.05, 0) is 12.5 Å². The van der Waals surface area contributed by atoms with Crippen LogP contribution in [0.4, 0.5) is 4.39 Å². The third kappa shape index (κ3) is 2.39. The minimum absolute atomic E-state index is 0.315. The second kappa shape index (κ2) is 4.98. The van der Waals surface area contributed by atoms with Crippen LogP contribution in [-0.4, -0.2) is 14.2 Å². The summed E-state index contributed by atoms with van der Waals surface area (Å²) in [5.74, 6) is 0.516. The van der Waals surface area contributed by atoms with Crippen LogP contribution in [-0.2, 0) is 0 Å². The van der Waals surface area contributed by atoms with Crippen molar-refractivity contribution in [1.82, 2.24) is 0 Å². The monoisotopic (exact) mass is 213 g/mol. The fourth-order valence-electron chi connectivity index (χ4n) is 1.37.